The van der Waals surface area contributed by atoms with E-state index >= 15 is 0 Å². The third kappa shape index (κ3) is 5.13. The van der Waals surface area contributed by atoms with Gasteiger partial charge in [-0.2, -0.15) is 0 Å². The Hall–Kier alpha value is -5.34. The van der Waals surface area contributed by atoms with Crippen LogP contribution >= 0.6 is 0 Å². The molecule has 8 heteroatoms. The minimum atomic E-state index is -1.85. The Morgan fingerprint density at radius 3 is 2.31 bits per heavy atom. The van der Waals surface area contributed by atoms with Crippen molar-refractivity contribution >= 4 is 52.5 Å². The topological polar surface area (TPSA) is 88.2 Å². The second kappa shape index (κ2) is 11.0. The largest absolute Gasteiger partial charge is 0.507 e. The van der Waals surface area contributed by atoms with Gasteiger partial charge in [-0.3, -0.25) is 9.88 Å². The number of rotatable bonds is 6. The van der Waals surface area contributed by atoms with Crippen molar-refractivity contribution in [1.29, 1.82) is 0 Å². The standard InChI is InChI=1S/C37H33N5O2Si/c1-23-17-19-38-24(2)35(23)42(32-16-10-11-18-39-32)26-20-25(21-27(22-26)45(3,4)5)37-40-33(28-12-6-8-14-30(28)43)36-34(41-37)29-13-7-9-15-31(29)44-36/h6-22,43H,1-5H3. The summed E-state index contributed by atoms with van der Waals surface area (Å²) in [5.41, 5.74) is 7.91. The van der Waals surface area contributed by atoms with Crippen LogP contribution in [-0.4, -0.2) is 33.1 Å². The molecule has 0 aliphatic carbocycles. The van der Waals surface area contributed by atoms with Gasteiger partial charge >= 0.3 is 0 Å². The summed E-state index contributed by atoms with van der Waals surface area (Å²) < 4.78 is 6.31. The number of phenolic OH excluding ortho intramolecular Hbond substituents is 1. The van der Waals surface area contributed by atoms with Crippen molar-refractivity contribution in [3.63, 3.8) is 0 Å². The summed E-state index contributed by atoms with van der Waals surface area (Å²) in [6, 6.07) is 29.6. The first kappa shape index (κ1) is 28.4. The predicted molar refractivity (Wildman–Crippen MR) is 185 cm³/mol. The quantitative estimate of drug-likeness (QED) is 0.189. The number of nitrogens with zero attached hydrogens (tertiary/aromatic N) is 5. The Morgan fingerprint density at radius 2 is 1.56 bits per heavy atom. The number of benzene rings is 3. The number of hydrogen-bond acceptors (Lipinski definition) is 7. The molecule has 0 fully saturated rings. The number of aromatic hydroxyl groups is 1. The van der Waals surface area contributed by atoms with Crippen LogP contribution in [0.3, 0.4) is 0 Å². The zero-order chi connectivity index (χ0) is 31.3. The minimum absolute atomic E-state index is 0.129. The highest BCUT2D eigenvalue weighted by atomic mass is 28.3. The van der Waals surface area contributed by atoms with E-state index < -0.39 is 8.07 Å². The number of aryl methyl sites for hydroxylation is 2. The normalized spacial score (nSPS) is 11.8. The lowest BCUT2D eigenvalue weighted by Gasteiger charge is -2.29. The molecule has 3 aromatic carbocycles. The Bertz CT molecular complexity index is 2190. The fourth-order valence-corrected chi connectivity index (χ4v) is 6.93. The molecule has 0 amide bonds. The second-order valence-electron chi connectivity index (χ2n) is 12.3. The van der Waals surface area contributed by atoms with Crippen LogP contribution in [0, 0.1) is 13.8 Å². The first-order valence-electron chi connectivity index (χ1n) is 15.0. The Morgan fingerprint density at radius 1 is 0.778 bits per heavy atom. The molecule has 0 aliphatic rings. The average Bonchev–Trinajstić information content (AvgIpc) is 3.41. The molecule has 4 heterocycles. The van der Waals surface area contributed by atoms with Crippen LogP contribution < -0.4 is 10.1 Å². The number of fused-ring (bicyclic) bond motifs is 3. The molecule has 0 atom stereocenters. The fourth-order valence-electron chi connectivity index (χ4n) is 5.77. The highest BCUT2D eigenvalue weighted by molar-refractivity contribution is 6.88. The number of aromatic nitrogens is 4. The lowest BCUT2D eigenvalue weighted by Crippen LogP contribution is -2.38. The lowest BCUT2D eigenvalue weighted by molar-refractivity contribution is 0.477. The Labute approximate surface area is 262 Å². The zero-order valence-electron chi connectivity index (χ0n) is 25.9. The summed E-state index contributed by atoms with van der Waals surface area (Å²) in [7, 11) is -1.85. The van der Waals surface area contributed by atoms with Crippen molar-refractivity contribution in [2.24, 2.45) is 0 Å². The summed E-state index contributed by atoms with van der Waals surface area (Å²) in [4.78, 5) is 21.9. The molecule has 0 saturated heterocycles. The highest BCUT2D eigenvalue weighted by Gasteiger charge is 2.26. The zero-order valence-corrected chi connectivity index (χ0v) is 26.9. The van der Waals surface area contributed by atoms with Crippen molar-refractivity contribution in [3.05, 3.63) is 115 Å². The number of para-hydroxylation sites is 2. The molecule has 222 valence electrons. The predicted octanol–water partition coefficient (Wildman–Crippen LogP) is 8.84. The van der Waals surface area contributed by atoms with E-state index in [-0.39, 0.29) is 5.75 Å². The number of hydrogen-bond donors (Lipinski definition) is 1. The maximum atomic E-state index is 10.9. The monoisotopic (exact) mass is 607 g/mol. The van der Waals surface area contributed by atoms with Crippen LogP contribution in [0.4, 0.5) is 17.2 Å². The van der Waals surface area contributed by atoms with Crippen molar-refractivity contribution in [3.8, 4) is 28.4 Å². The highest BCUT2D eigenvalue weighted by Crippen LogP contribution is 2.41. The van der Waals surface area contributed by atoms with E-state index in [0.29, 0.717) is 28.2 Å². The molecule has 4 aromatic heterocycles. The number of pyridine rings is 2. The number of anilines is 3. The molecule has 0 radical (unpaired) electrons. The molecule has 0 bridgehead atoms. The molecule has 7 nitrogen and oxygen atoms in total. The third-order valence-electron chi connectivity index (χ3n) is 8.09. The van der Waals surface area contributed by atoms with Gasteiger partial charge in [0.2, 0.25) is 0 Å². The summed E-state index contributed by atoms with van der Waals surface area (Å²) in [5.74, 6) is 1.47. The van der Waals surface area contributed by atoms with Crippen LogP contribution in [0.1, 0.15) is 11.3 Å². The SMILES string of the molecule is Cc1ccnc(C)c1N(c1cc(-c2nc(-c3ccccc3O)c3oc4ccccc4c3n2)cc([Si](C)(C)C)c1)c1ccccn1. The molecule has 45 heavy (non-hydrogen) atoms. The van der Waals surface area contributed by atoms with Gasteiger partial charge in [0, 0.05) is 34.6 Å². The summed E-state index contributed by atoms with van der Waals surface area (Å²) in [6.07, 6.45) is 3.65. The van der Waals surface area contributed by atoms with E-state index in [0.717, 1.165) is 45.0 Å². The third-order valence-corrected chi connectivity index (χ3v) is 10.1. The van der Waals surface area contributed by atoms with Crippen LogP contribution in [0.5, 0.6) is 5.75 Å². The fraction of sp³-hybridized carbons (Fsp3) is 0.135. The summed E-state index contributed by atoms with van der Waals surface area (Å²) in [6.45, 7) is 11.1. The molecule has 0 unspecified atom stereocenters. The average molecular weight is 608 g/mol. The number of furan rings is 1. The van der Waals surface area contributed by atoms with Crippen LogP contribution in [0.15, 0.2) is 108 Å². The maximum Gasteiger partial charge on any atom is 0.180 e. The van der Waals surface area contributed by atoms with Crippen molar-refractivity contribution in [2.75, 3.05) is 4.90 Å². The molecule has 0 aliphatic heterocycles. The molecule has 0 spiro atoms. The van der Waals surface area contributed by atoms with Crippen molar-refractivity contribution in [1.82, 2.24) is 19.9 Å². The lowest BCUT2D eigenvalue weighted by atomic mass is 10.1. The summed E-state index contributed by atoms with van der Waals surface area (Å²) in [5, 5.41) is 13.1. The first-order chi connectivity index (χ1) is 21.7. The molecule has 1 N–H and O–H groups in total. The van der Waals surface area contributed by atoms with Gasteiger partial charge in [-0.1, -0.05) is 61.2 Å². The molecular formula is C37H33N5O2Si. The second-order valence-corrected chi connectivity index (χ2v) is 17.4. The molecular weight excluding hydrogens is 575 g/mol. The van der Waals surface area contributed by atoms with Gasteiger partial charge in [-0.15, -0.1) is 0 Å². The van der Waals surface area contributed by atoms with Gasteiger partial charge in [0.25, 0.3) is 0 Å². The number of phenols is 1. The van der Waals surface area contributed by atoms with E-state index in [1.165, 1.54) is 5.19 Å². The van der Waals surface area contributed by atoms with E-state index in [2.05, 4.69) is 54.6 Å². The van der Waals surface area contributed by atoms with E-state index in [1.807, 2.05) is 80.0 Å². The van der Waals surface area contributed by atoms with Gasteiger partial charge in [0.15, 0.2) is 11.4 Å². The van der Waals surface area contributed by atoms with Crippen LogP contribution in [0.25, 0.3) is 44.7 Å². The van der Waals surface area contributed by atoms with Crippen molar-refractivity contribution in [2.45, 2.75) is 33.5 Å². The molecule has 7 rings (SSSR count). The van der Waals surface area contributed by atoms with Crippen LogP contribution in [0.2, 0.25) is 19.6 Å². The Balaban J connectivity index is 1.54. The van der Waals surface area contributed by atoms with Gasteiger partial charge in [-0.25, -0.2) is 15.0 Å². The summed E-state index contributed by atoms with van der Waals surface area (Å²) >= 11 is 0. The van der Waals surface area contributed by atoms with Crippen molar-refractivity contribution < 1.29 is 9.52 Å². The van der Waals surface area contributed by atoms with E-state index in [1.54, 1.807) is 12.1 Å². The Kier molecular flexibility index (Phi) is 6.94. The molecule has 0 saturated carbocycles. The van der Waals surface area contributed by atoms with Gasteiger partial charge < -0.3 is 9.52 Å². The smallest absolute Gasteiger partial charge is 0.180 e. The van der Waals surface area contributed by atoms with Gasteiger partial charge in [-0.05, 0) is 74.0 Å². The van der Waals surface area contributed by atoms with Gasteiger partial charge in [0.1, 0.15) is 28.4 Å². The van der Waals surface area contributed by atoms with Gasteiger partial charge in [0.05, 0.1) is 19.5 Å². The molecule has 7 aromatic rings. The maximum absolute atomic E-state index is 10.9. The van der Waals surface area contributed by atoms with E-state index in [9.17, 15) is 5.11 Å². The minimum Gasteiger partial charge on any atom is -0.507 e. The van der Waals surface area contributed by atoms with E-state index in [4.69, 9.17) is 19.4 Å². The van der Waals surface area contributed by atoms with Crippen LogP contribution in [-0.2, 0) is 0 Å². The first-order valence-corrected chi connectivity index (χ1v) is 18.5.